The fourth-order valence-electron chi connectivity index (χ4n) is 2.65. The Morgan fingerprint density at radius 2 is 2.16 bits per heavy atom. The Morgan fingerprint density at radius 1 is 1.42 bits per heavy atom. The molecule has 110 valence electrons. The molecule has 0 bridgehead atoms. The van der Waals surface area contributed by atoms with Gasteiger partial charge in [-0.1, -0.05) is 13.3 Å². The summed E-state index contributed by atoms with van der Waals surface area (Å²) in [7, 11) is 0. The molecule has 6 heteroatoms. The lowest BCUT2D eigenvalue weighted by Gasteiger charge is -2.34. The third-order valence-electron chi connectivity index (χ3n) is 3.52. The molecular formula is C13H24N2O4. The number of hydrogen-bond donors (Lipinski definition) is 2. The number of likely N-dealkylation sites (tertiary alicyclic amines) is 1. The van der Waals surface area contributed by atoms with Crippen LogP contribution in [-0.2, 0) is 9.53 Å². The van der Waals surface area contributed by atoms with Gasteiger partial charge in [-0.05, 0) is 26.2 Å². The first-order valence-electron chi connectivity index (χ1n) is 6.95. The van der Waals surface area contributed by atoms with Crippen molar-refractivity contribution in [2.75, 3.05) is 26.3 Å². The van der Waals surface area contributed by atoms with Crippen LogP contribution in [0, 0.1) is 0 Å². The van der Waals surface area contributed by atoms with Crippen LogP contribution < -0.4 is 5.32 Å². The zero-order valence-corrected chi connectivity index (χ0v) is 11.8. The van der Waals surface area contributed by atoms with Crippen LogP contribution in [0.25, 0.3) is 0 Å². The second-order valence-electron chi connectivity index (χ2n) is 4.77. The van der Waals surface area contributed by atoms with E-state index in [0.717, 1.165) is 12.8 Å². The number of hydrogen-bond acceptors (Lipinski definition) is 3. The summed E-state index contributed by atoms with van der Waals surface area (Å²) in [6, 6.07) is -0.298. The molecule has 0 aromatic rings. The minimum Gasteiger partial charge on any atom is -0.479 e. The average Bonchev–Trinajstić information content (AvgIpc) is 2.80. The van der Waals surface area contributed by atoms with Crippen molar-refractivity contribution in [3.63, 3.8) is 0 Å². The van der Waals surface area contributed by atoms with Crippen LogP contribution in [-0.4, -0.2) is 53.8 Å². The van der Waals surface area contributed by atoms with Crippen molar-refractivity contribution < 1.29 is 19.4 Å². The Balaban J connectivity index is 2.63. The lowest BCUT2D eigenvalue weighted by Crippen LogP contribution is -2.56. The first-order valence-corrected chi connectivity index (χ1v) is 6.95. The highest BCUT2D eigenvalue weighted by atomic mass is 16.5. The molecule has 2 N–H and O–H groups in total. The van der Waals surface area contributed by atoms with E-state index in [9.17, 15) is 14.7 Å². The predicted octanol–water partition coefficient (Wildman–Crippen LogP) is 1.45. The lowest BCUT2D eigenvalue weighted by molar-refractivity contribution is -0.148. The van der Waals surface area contributed by atoms with E-state index in [1.54, 1.807) is 0 Å². The van der Waals surface area contributed by atoms with E-state index in [0.29, 0.717) is 39.1 Å². The van der Waals surface area contributed by atoms with Crippen LogP contribution in [0.15, 0.2) is 0 Å². The van der Waals surface area contributed by atoms with Crippen molar-refractivity contribution in [2.24, 2.45) is 0 Å². The number of carboxylic acids is 1. The third-order valence-corrected chi connectivity index (χ3v) is 3.52. The van der Waals surface area contributed by atoms with E-state index in [1.165, 1.54) is 4.90 Å². The summed E-state index contributed by atoms with van der Waals surface area (Å²) in [5, 5.41) is 12.2. The largest absolute Gasteiger partial charge is 0.479 e. The minimum atomic E-state index is -1.02. The van der Waals surface area contributed by atoms with Gasteiger partial charge in [0.15, 0.2) is 0 Å². The summed E-state index contributed by atoms with van der Waals surface area (Å²) in [6.45, 7) is 5.79. The van der Waals surface area contributed by atoms with Crippen LogP contribution in [0.2, 0.25) is 0 Å². The Hall–Kier alpha value is -1.30. The monoisotopic (exact) mass is 272 g/mol. The highest BCUT2D eigenvalue weighted by Gasteiger charge is 2.49. The van der Waals surface area contributed by atoms with Crippen molar-refractivity contribution in [3.05, 3.63) is 0 Å². The Kier molecular flexibility index (Phi) is 6.08. The standard InChI is InChI=1S/C13H24N2O4/c1-3-6-13(11(16)17)7-5-9-15(13)12(18)14-8-10-19-4-2/h3-10H2,1-2H3,(H,14,18)(H,16,17). The molecule has 1 unspecified atom stereocenters. The lowest BCUT2D eigenvalue weighted by atomic mass is 9.91. The Labute approximate surface area is 114 Å². The number of ether oxygens (including phenoxy) is 1. The molecule has 2 amide bonds. The third kappa shape index (κ3) is 3.59. The fraction of sp³-hybridized carbons (Fsp3) is 0.846. The first-order chi connectivity index (χ1) is 9.08. The van der Waals surface area contributed by atoms with Crippen molar-refractivity contribution in [3.8, 4) is 0 Å². The average molecular weight is 272 g/mol. The summed E-state index contributed by atoms with van der Waals surface area (Å²) in [6.07, 6.45) is 2.52. The van der Waals surface area contributed by atoms with E-state index in [4.69, 9.17) is 4.74 Å². The molecule has 1 heterocycles. The molecule has 1 rings (SSSR count). The van der Waals surface area contributed by atoms with Crippen LogP contribution in [0.3, 0.4) is 0 Å². The van der Waals surface area contributed by atoms with E-state index < -0.39 is 11.5 Å². The van der Waals surface area contributed by atoms with Gasteiger partial charge < -0.3 is 20.1 Å². The van der Waals surface area contributed by atoms with Crippen molar-refractivity contribution in [1.29, 1.82) is 0 Å². The number of urea groups is 1. The molecule has 0 aromatic carbocycles. The van der Waals surface area contributed by atoms with E-state index in [2.05, 4.69) is 5.32 Å². The first kappa shape index (κ1) is 15.8. The molecule has 1 aliphatic rings. The van der Waals surface area contributed by atoms with E-state index in [1.807, 2.05) is 13.8 Å². The summed E-state index contributed by atoms with van der Waals surface area (Å²) >= 11 is 0. The number of amides is 2. The van der Waals surface area contributed by atoms with Crippen molar-refractivity contribution in [1.82, 2.24) is 10.2 Å². The van der Waals surface area contributed by atoms with Gasteiger partial charge in [-0.3, -0.25) is 0 Å². The van der Waals surface area contributed by atoms with Gasteiger partial charge >= 0.3 is 12.0 Å². The van der Waals surface area contributed by atoms with E-state index in [-0.39, 0.29) is 6.03 Å². The smallest absolute Gasteiger partial charge is 0.329 e. The molecular weight excluding hydrogens is 248 g/mol. The number of carbonyl (C=O) groups excluding carboxylic acids is 1. The molecule has 1 atom stereocenters. The van der Waals surface area contributed by atoms with Crippen LogP contribution in [0.5, 0.6) is 0 Å². The second kappa shape index (κ2) is 7.33. The molecule has 1 fully saturated rings. The van der Waals surface area contributed by atoms with Crippen LogP contribution in [0.1, 0.15) is 39.5 Å². The molecule has 0 radical (unpaired) electrons. The van der Waals surface area contributed by atoms with Gasteiger partial charge in [0.25, 0.3) is 0 Å². The second-order valence-corrected chi connectivity index (χ2v) is 4.77. The summed E-state index contributed by atoms with van der Waals surface area (Å²) < 4.78 is 5.14. The Morgan fingerprint density at radius 3 is 2.74 bits per heavy atom. The van der Waals surface area contributed by atoms with Gasteiger partial charge in [-0.2, -0.15) is 0 Å². The summed E-state index contributed by atoms with van der Waals surface area (Å²) in [4.78, 5) is 25.1. The maximum absolute atomic E-state index is 12.1. The number of nitrogens with one attached hydrogen (secondary N) is 1. The summed E-state index contributed by atoms with van der Waals surface area (Å²) in [5.41, 5.74) is -1.02. The molecule has 0 spiro atoms. The van der Waals surface area contributed by atoms with Gasteiger partial charge in [0, 0.05) is 19.7 Å². The van der Waals surface area contributed by atoms with Gasteiger partial charge in [-0.15, -0.1) is 0 Å². The normalized spacial score (nSPS) is 22.5. The Bertz CT molecular complexity index is 322. The van der Waals surface area contributed by atoms with Gasteiger partial charge in [-0.25, -0.2) is 9.59 Å². The number of carboxylic acid groups (broad SMARTS) is 1. The maximum atomic E-state index is 12.1. The molecule has 1 saturated heterocycles. The molecule has 0 aromatic heterocycles. The molecule has 0 aliphatic carbocycles. The van der Waals surface area contributed by atoms with Crippen LogP contribution in [0.4, 0.5) is 4.79 Å². The van der Waals surface area contributed by atoms with Gasteiger partial charge in [0.1, 0.15) is 5.54 Å². The number of carbonyl (C=O) groups is 2. The maximum Gasteiger partial charge on any atom is 0.329 e. The van der Waals surface area contributed by atoms with Gasteiger partial charge in [0.2, 0.25) is 0 Å². The molecule has 19 heavy (non-hydrogen) atoms. The number of aliphatic carboxylic acids is 1. The summed E-state index contributed by atoms with van der Waals surface area (Å²) in [5.74, 6) is -0.896. The topological polar surface area (TPSA) is 78.9 Å². The zero-order chi connectivity index (χ0) is 14.3. The zero-order valence-electron chi connectivity index (χ0n) is 11.8. The van der Waals surface area contributed by atoms with Crippen molar-refractivity contribution in [2.45, 2.75) is 45.1 Å². The fourth-order valence-corrected chi connectivity index (χ4v) is 2.65. The number of rotatable bonds is 7. The molecule has 6 nitrogen and oxygen atoms in total. The predicted molar refractivity (Wildman–Crippen MR) is 71.1 cm³/mol. The molecule has 0 saturated carbocycles. The van der Waals surface area contributed by atoms with Crippen molar-refractivity contribution >= 4 is 12.0 Å². The highest BCUT2D eigenvalue weighted by molar-refractivity contribution is 5.87. The minimum absolute atomic E-state index is 0.298. The SMILES string of the molecule is CCCC1(C(=O)O)CCCN1C(=O)NCCOCC. The van der Waals surface area contributed by atoms with Crippen LogP contribution >= 0.6 is 0 Å². The molecule has 1 aliphatic heterocycles. The quantitative estimate of drug-likeness (QED) is 0.688. The van der Waals surface area contributed by atoms with Gasteiger partial charge in [0.05, 0.1) is 6.61 Å². The number of nitrogens with zero attached hydrogens (tertiary/aromatic N) is 1. The van der Waals surface area contributed by atoms with E-state index >= 15 is 0 Å². The highest BCUT2D eigenvalue weighted by Crippen LogP contribution is 2.33.